The van der Waals surface area contributed by atoms with Crippen LogP contribution in [-0.2, 0) is 23.1 Å². The summed E-state index contributed by atoms with van der Waals surface area (Å²) in [5.74, 6) is -0.0975. The van der Waals surface area contributed by atoms with Gasteiger partial charge in [-0.2, -0.15) is 0 Å². The first-order valence-electron chi connectivity index (χ1n) is 6.76. The van der Waals surface area contributed by atoms with E-state index in [1.165, 1.54) is 18.9 Å². The summed E-state index contributed by atoms with van der Waals surface area (Å²) in [6, 6.07) is 7.19. The fourth-order valence-corrected chi connectivity index (χ4v) is 3.06. The molecule has 112 valence electrons. The molecule has 1 aliphatic carbocycles. The lowest BCUT2D eigenvalue weighted by molar-refractivity contribution is 0.457. The summed E-state index contributed by atoms with van der Waals surface area (Å²) in [6.07, 6.45) is 2.39. The van der Waals surface area contributed by atoms with E-state index in [0.717, 1.165) is 17.9 Å². The highest BCUT2D eigenvalue weighted by Crippen LogP contribution is 2.21. The minimum Gasteiger partial charge on any atom is -0.464 e. The van der Waals surface area contributed by atoms with Crippen LogP contribution in [0.1, 0.15) is 24.4 Å². The molecule has 0 amide bonds. The van der Waals surface area contributed by atoms with Gasteiger partial charge < -0.3 is 9.73 Å². The fraction of sp³-hybridized carbons (Fsp3) is 0.333. The molecule has 1 atom stereocenters. The van der Waals surface area contributed by atoms with Gasteiger partial charge in [-0.3, -0.25) is 4.21 Å². The van der Waals surface area contributed by atoms with E-state index >= 15 is 0 Å². The Morgan fingerprint density at radius 1 is 1.19 bits per heavy atom. The van der Waals surface area contributed by atoms with Crippen LogP contribution in [0.5, 0.6) is 0 Å². The molecule has 21 heavy (non-hydrogen) atoms. The summed E-state index contributed by atoms with van der Waals surface area (Å²) in [5, 5.41) is 3.32. The van der Waals surface area contributed by atoms with Crippen molar-refractivity contribution in [3.05, 3.63) is 53.5 Å². The second-order valence-electron chi connectivity index (χ2n) is 5.09. The molecule has 1 aromatic heterocycles. The van der Waals surface area contributed by atoms with Gasteiger partial charge in [0.05, 0.1) is 28.0 Å². The van der Waals surface area contributed by atoms with Crippen molar-refractivity contribution in [3.8, 4) is 0 Å². The zero-order valence-corrected chi connectivity index (χ0v) is 12.1. The quantitative estimate of drug-likeness (QED) is 0.891. The van der Waals surface area contributed by atoms with E-state index < -0.39 is 22.4 Å². The largest absolute Gasteiger partial charge is 0.464 e. The molecule has 0 radical (unpaired) electrons. The lowest BCUT2D eigenvalue weighted by Crippen LogP contribution is -2.14. The predicted octanol–water partition coefficient (Wildman–Crippen LogP) is 3.12. The summed E-state index contributed by atoms with van der Waals surface area (Å²) in [7, 11) is -1.60. The molecule has 0 saturated heterocycles. The average Bonchev–Trinajstić information content (AvgIpc) is 3.16. The molecule has 0 aliphatic heterocycles. The number of nitrogens with one attached hydrogen (secondary N) is 1. The van der Waals surface area contributed by atoms with Gasteiger partial charge in [-0.05, 0) is 37.1 Å². The Bertz CT molecular complexity index is 667. The van der Waals surface area contributed by atoms with Gasteiger partial charge in [0.1, 0.15) is 23.2 Å². The van der Waals surface area contributed by atoms with Crippen LogP contribution in [0.2, 0.25) is 0 Å². The van der Waals surface area contributed by atoms with Crippen LogP contribution in [0.4, 0.5) is 8.78 Å². The van der Waals surface area contributed by atoms with Crippen LogP contribution < -0.4 is 5.32 Å². The minimum atomic E-state index is -1.60. The number of benzene rings is 1. The Kier molecular flexibility index (Phi) is 4.17. The first kappa shape index (κ1) is 14.4. The van der Waals surface area contributed by atoms with Gasteiger partial charge in [0.2, 0.25) is 0 Å². The molecule has 3 rings (SSSR count). The van der Waals surface area contributed by atoms with Crippen molar-refractivity contribution in [1.29, 1.82) is 0 Å². The molecular formula is C15H15F2NO2S. The van der Waals surface area contributed by atoms with Gasteiger partial charge >= 0.3 is 0 Å². The van der Waals surface area contributed by atoms with E-state index in [1.54, 1.807) is 6.07 Å². The lowest BCUT2D eigenvalue weighted by atomic mass is 10.3. The Morgan fingerprint density at radius 2 is 1.95 bits per heavy atom. The van der Waals surface area contributed by atoms with Gasteiger partial charge in [-0.1, -0.05) is 0 Å². The summed E-state index contributed by atoms with van der Waals surface area (Å²) in [6.45, 7) is 0.641. The molecule has 3 nitrogen and oxygen atoms in total. The van der Waals surface area contributed by atoms with Gasteiger partial charge in [0.25, 0.3) is 0 Å². The van der Waals surface area contributed by atoms with Gasteiger partial charge in [0.15, 0.2) is 0 Å². The molecule has 1 unspecified atom stereocenters. The molecule has 1 N–H and O–H groups in total. The Labute approximate surface area is 123 Å². The number of halogens is 2. The third-order valence-corrected chi connectivity index (χ3v) is 4.64. The van der Waals surface area contributed by atoms with Gasteiger partial charge in [-0.25, -0.2) is 8.78 Å². The van der Waals surface area contributed by atoms with Crippen molar-refractivity contribution in [1.82, 2.24) is 5.32 Å². The Hall–Kier alpha value is -1.53. The molecule has 1 fully saturated rings. The van der Waals surface area contributed by atoms with Gasteiger partial charge in [-0.15, -0.1) is 0 Å². The van der Waals surface area contributed by atoms with Crippen LogP contribution >= 0.6 is 0 Å². The van der Waals surface area contributed by atoms with E-state index in [1.807, 2.05) is 6.07 Å². The maximum atomic E-state index is 13.6. The normalized spacial score (nSPS) is 16.1. The van der Waals surface area contributed by atoms with E-state index in [0.29, 0.717) is 18.3 Å². The molecule has 1 saturated carbocycles. The number of furan rings is 1. The van der Waals surface area contributed by atoms with E-state index in [2.05, 4.69) is 5.32 Å². The average molecular weight is 311 g/mol. The van der Waals surface area contributed by atoms with E-state index in [4.69, 9.17) is 4.42 Å². The number of hydrogen-bond donors (Lipinski definition) is 1. The van der Waals surface area contributed by atoms with Crippen LogP contribution in [0, 0.1) is 11.6 Å². The van der Waals surface area contributed by atoms with Crippen LogP contribution in [-0.4, -0.2) is 10.3 Å². The zero-order valence-electron chi connectivity index (χ0n) is 11.3. The molecule has 6 heteroatoms. The molecule has 1 aliphatic rings. The van der Waals surface area contributed by atoms with Crippen molar-refractivity contribution in [3.63, 3.8) is 0 Å². The second-order valence-corrected chi connectivity index (χ2v) is 6.51. The van der Waals surface area contributed by atoms with Crippen molar-refractivity contribution < 1.29 is 17.4 Å². The third-order valence-electron chi connectivity index (χ3n) is 3.27. The minimum absolute atomic E-state index is 0.00884. The van der Waals surface area contributed by atoms with Crippen molar-refractivity contribution in [2.75, 3.05) is 0 Å². The summed E-state index contributed by atoms with van der Waals surface area (Å²) in [4.78, 5) is -0.00884. The monoisotopic (exact) mass is 311 g/mol. The highest BCUT2D eigenvalue weighted by atomic mass is 32.2. The standard InChI is InChI=1S/C15H15F2NO2S/c16-10-1-6-15(14(17)7-10)21(19)9-13-5-4-12(20-13)8-18-11-2-3-11/h1,4-7,11,18H,2-3,8-9H2. The van der Waals surface area contributed by atoms with Crippen molar-refractivity contribution >= 4 is 10.8 Å². The molecule has 2 aromatic rings. The van der Waals surface area contributed by atoms with Crippen LogP contribution in [0.25, 0.3) is 0 Å². The van der Waals surface area contributed by atoms with Crippen molar-refractivity contribution in [2.45, 2.75) is 36.1 Å². The fourth-order valence-electron chi connectivity index (χ4n) is 1.99. The first-order valence-corrected chi connectivity index (χ1v) is 8.08. The van der Waals surface area contributed by atoms with E-state index in [9.17, 15) is 13.0 Å². The summed E-state index contributed by atoms with van der Waals surface area (Å²) < 4.78 is 44.1. The van der Waals surface area contributed by atoms with Crippen LogP contribution in [0.15, 0.2) is 39.6 Å². The SMILES string of the molecule is O=S(Cc1ccc(CNC2CC2)o1)c1ccc(F)cc1F. The Balaban J connectivity index is 1.63. The lowest BCUT2D eigenvalue weighted by Gasteiger charge is -2.02. The molecule has 0 spiro atoms. The molecular weight excluding hydrogens is 296 g/mol. The number of hydrogen-bond acceptors (Lipinski definition) is 3. The second kappa shape index (κ2) is 6.07. The van der Waals surface area contributed by atoms with Gasteiger partial charge in [0, 0.05) is 12.1 Å². The maximum Gasteiger partial charge on any atom is 0.142 e. The molecule has 1 heterocycles. The van der Waals surface area contributed by atoms with Crippen LogP contribution in [0.3, 0.4) is 0 Å². The highest BCUT2D eigenvalue weighted by molar-refractivity contribution is 7.84. The zero-order chi connectivity index (χ0) is 14.8. The summed E-state index contributed by atoms with van der Waals surface area (Å²) in [5.41, 5.74) is 0. The maximum absolute atomic E-state index is 13.6. The first-order chi connectivity index (χ1) is 10.1. The summed E-state index contributed by atoms with van der Waals surface area (Å²) >= 11 is 0. The molecule has 1 aromatic carbocycles. The highest BCUT2D eigenvalue weighted by Gasteiger charge is 2.20. The smallest absolute Gasteiger partial charge is 0.142 e. The third kappa shape index (κ3) is 3.77. The van der Waals surface area contributed by atoms with Crippen molar-refractivity contribution in [2.24, 2.45) is 0 Å². The Morgan fingerprint density at radius 3 is 2.67 bits per heavy atom. The predicted molar refractivity (Wildman–Crippen MR) is 75.0 cm³/mol. The topological polar surface area (TPSA) is 42.2 Å². The number of rotatable bonds is 6. The molecule has 0 bridgehead atoms. The van der Waals surface area contributed by atoms with E-state index in [-0.39, 0.29) is 10.6 Å².